The van der Waals surface area contributed by atoms with Crippen molar-refractivity contribution in [2.45, 2.75) is 24.5 Å². The first-order chi connectivity index (χ1) is 11.0. The van der Waals surface area contributed by atoms with Gasteiger partial charge >= 0.3 is 0 Å². The molecule has 24 heavy (non-hydrogen) atoms. The molecule has 0 unspecified atom stereocenters. The zero-order valence-corrected chi connectivity index (χ0v) is 18.4. The van der Waals surface area contributed by atoms with Gasteiger partial charge in [-0.1, -0.05) is 19.9 Å². The lowest BCUT2D eigenvalue weighted by atomic mass is 10.3. The number of nitrogens with one attached hydrogen (secondary N) is 2. The van der Waals surface area contributed by atoms with Crippen LogP contribution < -0.4 is 10.6 Å². The van der Waals surface area contributed by atoms with Crippen LogP contribution in [0, 0.1) is 0 Å². The summed E-state index contributed by atoms with van der Waals surface area (Å²) in [6.07, 6.45) is 2.50. The number of rotatable bonds is 9. The fourth-order valence-electron chi connectivity index (χ4n) is 2.02. The van der Waals surface area contributed by atoms with Crippen molar-refractivity contribution in [3.8, 4) is 0 Å². The average Bonchev–Trinajstić information content (AvgIpc) is 3.01. The molecule has 0 aromatic carbocycles. The fourth-order valence-corrected chi connectivity index (χ4v) is 4.98. The molecule has 0 spiro atoms. The Hall–Kier alpha value is -0.650. The first-order valence-corrected chi connectivity index (χ1v) is 9.89. The lowest BCUT2D eigenvalue weighted by Crippen LogP contribution is -2.38. The Kier molecular flexibility index (Phi) is 11.5. The van der Waals surface area contributed by atoms with E-state index in [0.29, 0.717) is 36.3 Å². The number of hydrogen-bond donors (Lipinski definition) is 2. The summed E-state index contributed by atoms with van der Waals surface area (Å²) in [5.41, 5.74) is 0. The normalized spacial score (nSPS) is 11.9. The topological polar surface area (TPSA) is 73.8 Å². The van der Waals surface area contributed by atoms with Gasteiger partial charge in [0.15, 0.2) is 5.96 Å². The van der Waals surface area contributed by atoms with Crippen LogP contribution in [0.2, 0.25) is 0 Å². The summed E-state index contributed by atoms with van der Waals surface area (Å²) in [5.74, 6) is 0.706. The number of halogens is 1. The summed E-state index contributed by atoms with van der Waals surface area (Å²) in [7, 11) is -1.65. The molecule has 0 fully saturated rings. The van der Waals surface area contributed by atoms with E-state index in [4.69, 9.17) is 0 Å². The minimum atomic E-state index is -3.35. The van der Waals surface area contributed by atoms with Gasteiger partial charge in [0.2, 0.25) is 0 Å². The van der Waals surface area contributed by atoms with Crippen molar-refractivity contribution in [3.63, 3.8) is 0 Å². The third-order valence-corrected chi connectivity index (χ3v) is 6.90. The van der Waals surface area contributed by atoms with Crippen molar-refractivity contribution in [2.24, 2.45) is 4.99 Å². The SMILES string of the molecule is C=CCNC(=NC)NCCc1ccc(S(=O)(=O)N(CC)CC)s1.I. The van der Waals surface area contributed by atoms with Gasteiger partial charge in [0.05, 0.1) is 0 Å². The number of aliphatic imine (C=N–C) groups is 1. The van der Waals surface area contributed by atoms with Crippen LogP contribution in [0.25, 0.3) is 0 Å². The highest BCUT2D eigenvalue weighted by Gasteiger charge is 2.23. The largest absolute Gasteiger partial charge is 0.356 e. The third kappa shape index (κ3) is 6.69. The minimum absolute atomic E-state index is 0. The molecule has 0 amide bonds. The first-order valence-electron chi connectivity index (χ1n) is 7.63. The van der Waals surface area contributed by atoms with Crippen LogP contribution in [0.5, 0.6) is 0 Å². The third-order valence-electron chi connectivity index (χ3n) is 3.24. The van der Waals surface area contributed by atoms with Gasteiger partial charge in [0, 0.05) is 38.1 Å². The van der Waals surface area contributed by atoms with Gasteiger partial charge in [0.1, 0.15) is 4.21 Å². The van der Waals surface area contributed by atoms with E-state index in [1.165, 1.54) is 15.6 Å². The molecule has 6 nitrogen and oxygen atoms in total. The zero-order chi connectivity index (χ0) is 17.3. The molecule has 0 saturated heterocycles. The molecule has 0 atom stereocenters. The van der Waals surface area contributed by atoms with E-state index in [1.807, 2.05) is 19.9 Å². The molecule has 138 valence electrons. The lowest BCUT2D eigenvalue weighted by molar-refractivity contribution is 0.447. The van der Waals surface area contributed by atoms with Crippen molar-refractivity contribution in [2.75, 3.05) is 33.2 Å². The molecule has 1 heterocycles. The minimum Gasteiger partial charge on any atom is -0.356 e. The quantitative estimate of drug-likeness (QED) is 0.243. The molecular formula is C15H27IN4O2S2. The van der Waals surface area contributed by atoms with Crippen molar-refractivity contribution < 1.29 is 8.42 Å². The second-order valence-corrected chi connectivity index (χ2v) is 8.06. The van der Waals surface area contributed by atoms with E-state index < -0.39 is 10.0 Å². The molecule has 0 radical (unpaired) electrons. The molecule has 0 saturated carbocycles. The Morgan fingerprint density at radius 3 is 2.54 bits per heavy atom. The van der Waals surface area contributed by atoms with Crippen LogP contribution in [0.15, 0.2) is 34.0 Å². The summed E-state index contributed by atoms with van der Waals surface area (Å²) < 4.78 is 26.8. The molecule has 1 aromatic heterocycles. The van der Waals surface area contributed by atoms with Crippen molar-refractivity contribution in [3.05, 3.63) is 29.7 Å². The van der Waals surface area contributed by atoms with E-state index in [9.17, 15) is 8.42 Å². The molecular weight excluding hydrogens is 459 g/mol. The summed E-state index contributed by atoms with van der Waals surface area (Å²) in [6, 6.07) is 3.57. The Morgan fingerprint density at radius 2 is 2.00 bits per heavy atom. The first kappa shape index (κ1) is 23.4. The van der Waals surface area contributed by atoms with Crippen LogP contribution >= 0.6 is 35.3 Å². The van der Waals surface area contributed by atoms with Gasteiger partial charge in [-0.05, 0) is 18.6 Å². The Morgan fingerprint density at radius 1 is 1.33 bits per heavy atom. The lowest BCUT2D eigenvalue weighted by Gasteiger charge is -2.16. The second-order valence-electron chi connectivity index (χ2n) is 4.73. The van der Waals surface area contributed by atoms with E-state index >= 15 is 0 Å². The predicted octanol–water partition coefficient (Wildman–Crippen LogP) is 2.29. The Balaban J connectivity index is 0.00000529. The molecule has 9 heteroatoms. The average molecular weight is 486 g/mol. The zero-order valence-electron chi connectivity index (χ0n) is 14.4. The van der Waals surface area contributed by atoms with Gasteiger partial charge in [-0.15, -0.1) is 41.9 Å². The molecule has 0 aliphatic carbocycles. The number of thiophene rings is 1. The van der Waals surface area contributed by atoms with Crippen LogP contribution in [0.4, 0.5) is 0 Å². The number of sulfonamides is 1. The highest BCUT2D eigenvalue weighted by molar-refractivity contribution is 14.0. The second kappa shape index (κ2) is 11.8. The van der Waals surface area contributed by atoms with E-state index in [-0.39, 0.29) is 24.0 Å². The summed E-state index contributed by atoms with van der Waals surface area (Å²) in [6.45, 7) is 9.64. The van der Waals surface area contributed by atoms with Gasteiger partial charge in [-0.3, -0.25) is 4.99 Å². The number of nitrogens with zero attached hydrogens (tertiary/aromatic N) is 2. The molecule has 1 rings (SSSR count). The maximum atomic E-state index is 12.4. The van der Waals surface area contributed by atoms with E-state index in [2.05, 4.69) is 22.2 Å². The maximum absolute atomic E-state index is 12.4. The van der Waals surface area contributed by atoms with Gasteiger partial charge < -0.3 is 10.6 Å². The van der Waals surface area contributed by atoms with Gasteiger partial charge in [0.25, 0.3) is 10.0 Å². The van der Waals surface area contributed by atoms with E-state index in [1.54, 1.807) is 19.2 Å². The fraction of sp³-hybridized carbons (Fsp3) is 0.533. The molecule has 1 aromatic rings. The maximum Gasteiger partial charge on any atom is 0.252 e. The van der Waals surface area contributed by atoms with Crippen LogP contribution in [-0.2, 0) is 16.4 Å². The standard InChI is InChI=1S/C15H26N4O2S2.HI/c1-5-11-17-15(16-4)18-12-10-13-8-9-14(22-13)23(20,21)19(6-2)7-3;/h5,8-9H,1,6-7,10-12H2,2-4H3,(H2,16,17,18);1H. The molecule has 0 aliphatic rings. The molecule has 2 N–H and O–H groups in total. The van der Waals surface area contributed by atoms with Gasteiger partial charge in [-0.25, -0.2) is 8.42 Å². The smallest absolute Gasteiger partial charge is 0.252 e. The van der Waals surface area contributed by atoms with Gasteiger partial charge in [-0.2, -0.15) is 4.31 Å². The molecule has 0 bridgehead atoms. The highest BCUT2D eigenvalue weighted by atomic mass is 127. The van der Waals surface area contributed by atoms with Crippen molar-refractivity contribution >= 4 is 51.3 Å². The summed E-state index contributed by atoms with van der Waals surface area (Å²) in [4.78, 5) is 5.12. The highest BCUT2D eigenvalue weighted by Crippen LogP contribution is 2.25. The predicted molar refractivity (Wildman–Crippen MR) is 113 cm³/mol. The Bertz CT molecular complexity index is 625. The number of guanidine groups is 1. The van der Waals surface area contributed by atoms with Crippen molar-refractivity contribution in [1.29, 1.82) is 0 Å². The monoisotopic (exact) mass is 486 g/mol. The summed E-state index contributed by atoms with van der Waals surface area (Å²) in [5, 5.41) is 6.27. The number of hydrogen-bond acceptors (Lipinski definition) is 4. The van der Waals surface area contributed by atoms with Crippen LogP contribution in [0.3, 0.4) is 0 Å². The molecule has 0 aliphatic heterocycles. The summed E-state index contributed by atoms with van der Waals surface area (Å²) >= 11 is 1.33. The van der Waals surface area contributed by atoms with Crippen LogP contribution in [0.1, 0.15) is 18.7 Å². The van der Waals surface area contributed by atoms with Crippen molar-refractivity contribution in [1.82, 2.24) is 14.9 Å². The van der Waals surface area contributed by atoms with Crippen LogP contribution in [-0.4, -0.2) is 51.9 Å². The van der Waals surface area contributed by atoms with E-state index in [0.717, 1.165) is 11.3 Å². The Labute approximate surface area is 166 Å².